The standard InChI is InChI=1S/C34H32N2O7.CH4/c37-24-9-5-21-14-27-34(40)15-23(29(38)31-33(34,28(21)30(24)43-31)11-12-36(27)16-18-1-2-18)32(39)35-22-7-3-19(4-8-22)20-6-10-25-26(13-20)42-17-41-25;/h3-10,13,18,27,31,37-38,40H,1-2,11-12,14-17H2,(H,35,39);1H4/t27-,31+,33+,34-;/m1./s1. The number of aliphatic hydroxyl groups is 2. The quantitative estimate of drug-likeness (QED) is 0.323. The summed E-state index contributed by atoms with van der Waals surface area (Å²) in [5, 5.41) is 38.2. The normalized spacial score (nSPS) is 29.0. The number of carbonyl (C=O) groups excluding carboxylic acids is 1. The van der Waals surface area contributed by atoms with Crippen LogP contribution in [0.25, 0.3) is 11.1 Å². The maximum absolute atomic E-state index is 13.8. The van der Waals surface area contributed by atoms with Crippen LogP contribution in [0, 0.1) is 5.92 Å². The number of rotatable bonds is 5. The summed E-state index contributed by atoms with van der Waals surface area (Å²) in [5.41, 5.74) is 2.15. The first-order valence-electron chi connectivity index (χ1n) is 15.1. The molecule has 9 rings (SSSR count). The second-order valence-electron chi connectivity index (χ2n) is 12.9. The molecule has 3 aromatic rings. The van der Waals surface area contributed by atoms with E-state index in [9.17, 15) is 20.1 Å². The third kappa shape index (κ3) is 3.62. The minimum Gasteiger partial charge on any atom is -0.508 e. The van der Waals surface area contributed by atoms with Crippen molar-refractivity contribution in [2.45, 2.75) is 62.7 Å². The SMILES string of the molecule is C.O=C(Nc1ccc(-c2ccc3c(c2)OCO3)cc1)C1=C(O)[C@@H]2Oc3c(O)ccc4c3[C@@]23CCN(CC2CC2)[C@H](C4)[C@]3(O)C1. The van der Waals surface area contributed by atoms with E-state index in [1.54, 1.807) is 6.07 Å². The Labute approximate surface area is 255 Å². The van der Waals surface area contributed by atoms with Gasteiger partial charge in [0, 0.05) is 30.3 Å². The molecule has 0 radical (unpaired) electrons. The molecule has 228 valence electrons. The fourth-order valence-electron chi connectivity index (χ4n) is 8.40. The molecule has 9 nitrogen and oxygen atoms in total. The van der Waals surface area contributed by atoms with E-state index in [0.29, 0.717) is 35.9 Å². The van der Waals surface area contributed by atoms with Gasteiger partial charge in [0.05, 0.1) is 16.6 Å². The van der Waals surface area contributed by atoms with Crippen molar-refractivity contribution in [3.05, 3.63) is 77.1 Å². The van der Waals surface area contributed by atoms with Gasteiger partial charge in [0.15, 0.2) is 29.1 Å². The van der Waals surface area contributed by atoms with E-state index >= 15 is 0 Å². The Kier molecular flexibility index (Phi) is 5.84. The van der Waals surface area contributed by atoms with Crippen LogP contribution in [0.4, 0.5) is 5.69 Å². The molecule has 4 N–H and O–H groups in total. The number of aromatic hydroxyl groups is 1. The summed E-state index contributed by atoms with van der Waals surface area (Å²) in [4.78, 5) is 16.2. The van der Waals surface area contributed by atoms with Crippen LogP contribution in [0.15, 0.2) is 65.9 Å². The zero-order chi connectivity index (χ0) is 29.1. The maximum atomic E-state index is 13.8. The molecule has 1 spiro atoms. The smallest absolute Gasteiger partial charge is 0.255 e. The van der Waals surface area contributed by atoms with E-state index < -0.39 is 23.0 Å². The number of hydrogen-bond donors (Lipinski definition) is 4. The van der Waals surface area contributed by atoms with Gasteiger partial charge in [0.1, 0.15) is 5.76 Å². The van der Waals surface area contributed by atoms with Crippen molar-refractivity contribution in [1.29, 1.82) is 0 Å². The zero-order valence-electron chi connectivity index (χ0n) is 23.5. The molecule has 2 bridgehead atoms. The van der Waals surface area contributed by atoms with E-state index in [1.807, 2.05) is 48.5 Å². The van der Waals surface area contributed by atoms with Gasteiger partial charge in [-0.05, 0) is 85.2 Å². The van der Waals surface area contributed by atoms with Crippen molar-refractivity contribution in [2.75, 3.05) is 25.2 Å². The van der Waals surface area contributed by atoms with Crippen LogP contribution < -0.4 is 19.5 Å². The van der Waals surface area contributed by atoms with Gasteiger partial charge < -0.3 is 34.8 Å². The first-order valence-corrected chi connectivity index (χ1v) is 15.1. The molecule has 1 amide bonds. The molecule has 3 heterocycles. The van der Waals surface area contributed by atoms with Gasteiger partial charge in [-0.15, -0.1) is 0 Å². The van der Waals surface area contributed by atoms with Gasteiger partial charge in [-0.1, -0.05) is 31.7 Å². The number of aliphatic hydroxyl groups excluding tert-OH is 1. The number of anilines is 1. The number of likely N-dealkylation sites (tertiary alicyclic amines) is 1. The van der Waals surface area contributed by atoms with Gasteiger partial charge >= 0.3 is 0 Å². The molecule has 1 saturated carbocycles. The fourth-order valence-corrected chi connectivity index (χ4v) is 8.40. The monoisotopic (exact) mass is 596 g/mol. The number of nitrogens with zero attached hydrogens (tertiary/aromatic N) is 1. The molecule has 2 fully saturated rings. The largest absolute Gasteiger partial charge is 0.508 e. The molecule has 44 heavy (non-hydrogen) atoms. The predicted molar refractivity (Wildman–Crippen MR) is 163 cm³/mol. The molecule has 4 atom stereocenters. The van der Waals surface area contributed by atoms with Gasteiger partial charge in [0.25, 0.3) is 5.91 Å². The van der Waals surface area contributed by atoms with E-state index in [2.05, 4.69) is 10.2 Å². The second kappa shape index (κ2) is 9.39. The number of amides is 1. The predicted octanol–water partition coefficient (Wildman–Crippen LogP) is 5.05. The van der Waals surface area contributed by atoms with Crippen LogP contribution in [0.2, 0.25) is 0 Å². The minimum absolute atomic E-state index is 0. The van der Waals surface area contributed by atoms with Crippen LogP contribution >= 0.6 is 0 Å². The summed E-state index contributed by atoms with van der Waals surface area (Å²) in [6, 6.07) is 16.5. The van der Waals surface area contributed by atoms with Crippen molar-refractivity contribution in [1.82, 2.24) is 4.90 Å². The number of fused-ring (bicyclic) bond motifs is 1. The molecular formula is C35H36N2O7. The second-order valence-corrected chi connectivity index (χ2v) is 12.9. The number of ether oxygens (including phenoxy) is 3. The van der Waals surface area contributed by atoms with Crippen LogP contribution in [0.5, 0.6) is 23.0 Å². The Morgan fingerprint density at radius 2 is 1.77 bits per heavy atom. The molecular weight excluding hydrogens is 560 g/mol. The third-order valence-corrected chi connectivity index (χ3v) is 10.6. The Hall–Kier alpha value is -4.21. The summed E-state index contributed by atoms with van der Waals surface area (Å²) in [7, 11) is 0. The first kappa shape index (κ1) is 27.3. The van der Waals surface area contributed by atoms with Crippen molar-refractivity contribution in [2.24, 2.45) is 5.92 Å². The van der Waals surface area contributed by atoms with Crippen LogP contribution in [0.3, 0.4) is 0 Å². The molecule has 9 heteroatoms. The lowest BCUT2D eigenvalue weighted by Gasteiger charge is -2.62. The molecule has 6 aliphatic rings. The number of phenolic OH excluding ortho intramolecular Hbond substituents is 1. The Morgan fingerprint density at radius 1 is 1.00 bits per heavy atom. The summed E-state index contributed by atoms with van der Waals surface area (Å²) in [6.07, 6.45) is 2.62. The Bertz CT molecular complexity index is 1730. The number of piperidine rings is 1. The van der Waals surface area contributed by atoms with Crippen molar-refractivity contribution >= 4 is 11.6 Å². The van der Waals surface area contributed by atoms with Gasteiger partial charge in [-0.3, -0.25) is 9.69 Å². The highest BCUT2D eigenvalue weighted by molar-refractivity contribution is 6.05. The van der Waals surface area contributed by atoms with Crippen molar-refractivity contribution < 1.29 is 34.3 Å². The molecule has 0 aromatic heterocycles. The van der Waals surface area contributed by atoms with E-state index in [0.717, 1.165) is 41.1 Å². The molecule has 3 aliphatic heterocycles. The zero-order valence-corrected chi connectivity index (χ0v) is 23.5. The lowest BCUT2D eigenvalue weighted by Crippen LogP contribution is -2.75. The third-order valence-electron chi connectivity index (χ3n) is 10.6. The first-order chi connectivity index (χ1) is 20.9. The molecule has 0 unspecified atom stereocenters. The highest BCUT2D eigenvalue weighted by Gasteiger charge is 2.73. The molecule has 3 aliphatic carbocycles. The number of benzene rings is 3. The van der Waals surface area contributed by atoms with Gasteiger partial charge in [-0.2, -0.15) is 0 Å². The summed E-state index contributed by atoms with van der Waals surface area (Å²) in [6.45, 7) is 1.90. The summed E-state index contributed by atoms with van der Waals surface area (Å²) in [5.74, 6) is 1.73. The summed E-state index contributed by atoms with van der Waals surface area (Å²) < 4.78 is 17.2. The molecule has 3 aromatic carbocycles. The highest BCUT2D eigenvalue weighted by atomic mass is 16.7. The maximum Gasteiger partial charge on any atom is 0.255 e. The van der Waals surface area contributed by atoms with E-state index in [1.165, 1.54) is 12.8 Å². The topological polar surface area (TPSA) is 121 Å². The fraction of sp³-hybridized carbons (Fsp3) is 0.400. The number of nitrogens with one attached hydrogen (secondary N) is 1. The Balaban J connectivity index is 0.00000289. The lowest BCUT2D eigenvalue weighted by molar-refractivity contribution is -0.172. The average Bonchev–Trinajstić information content (AvgIpc) is 3.56. The lowest BCUT2D eigenvalue weighted by atomic mass is 9.49. The van der Waals surface area contributed by atoms with Gasteiger partial charge in [0.2, 0.25) is 6.79 Å². The number of phenols is 1. The van der Waals surface area contributed by atoms with Crippen LogP contribution in [-0.4, -0.2) is 63.8 Å². The van der Waals surface area contributed by atoms with Crippen LogP contribution in [-0.2, 0) is 16.6 Å². The summed E-state index contributed by atoms with van der Waals surface area (Å²) >= 11 is 0. The Morgan fingerprint density at radius 3 is 2.57 bits per heavy atom. The molecule has 1 saturated heterocycles. The van der Waals surface area contributed by atoms with Crippen molar-refractivity contribution in [3.63, 3.8) is 0 Å². The average molecular weight is 597 g/mol. The van der Waals surface area contributed by atoms with Gasteiger partial charge in [-0.25, -0.2) is 0 Å². The van der Waals surface area contributed by atoms with E-state index in [-0.39, 0.29) is 43.8 Å². The van der Waals surface area contributed by atoms with E-state index in [4.69, 9.17) is 14.2 Å². The van der Waals surface area contributed by atoms with Crippen LogP contribution in [0.1, 0.15) is 44.2 Å². The number of hydrogen-bond acceptors (Lipinski definition) is 8. The number of carbonyl (C=O) groups is 1. The van der Waals surface area contributed by atoms with Crippen molar-refractivity contribution in [3.8, 4) is 34.1 Å². The highest BCUT2D eigenvalue weighted by Crippen LogP contribution is 2.66. The minimum atomic E-state index is -1.35.